The third kappa shape index (κ3) is 3.99. The van der Waals surface area contributed by atoms with Gasteiger partial charge in [0.1, 0.15) is 6.10 Å². The van der Waals surface area contributed by atoms with E-state index in [-0.39, 0.29) is 23.8 Å². The largest absolute Gasteiger partial charge is 0.368 e. The van der Waals surface area contributed by atoms with Crippen LogP contribution in [0.25, 0.3) is 5.69 Å². The van der Waals surface area contributed by atoms with Crippen LogP contribution in [0.15, 0.2) is 30.5 Å². The van der Waals surface area contributed by atoms with Crippen molar-refractivity contribution in [3.63, 3.8) is 0 Å². The van der Waals surface area contributed by atoms with Crippen LogP contribution in [0.4, 0.5) is 0 Å². The Kier molecular flexibility index (Phi) is 5.90. The minimum Gasteiger partial charge on any atom is -0.368 e. The van der Waals surface area contributed by atoms with Crippen LogP contribution in [0.1, 0.15) is 54.2 Å². The number of benzene rings is 1. The third-order valence-corrected chi connectivity index (χ3v) is 5.95. The minimum absolute atomic E-state index is 0.0127. The molecule has 2 fully saturated rings. The average Bonchev–Trinajstić information content (AvgIpc) is 3.44. The summed E-state index contributed by atoms with van der Waals surface area (Å²) in [7, 11) is 0. The maximum absolute atomic E-state index is 13.3. The van der Waals surface area contributed by atoms with Gasteiger partial charge in [0.25, 0.3) is 11.8 Å². The minimum atomic E-state index is -0.299. The van der Waals surface area contributed by atoms with E-state index >= 15 is 0 Å². The van der Waals surface area contributed by atoms with Crippen molar-refractivity contribution in [1.82, 2.24) is 19.6 Å². The molecule has 7 nitrogen and oxygen atoms in total. The van der Waals surface area contributed by atoms with E-state index in [1.165, 1.54) is 5.56 Å². The number of carbonyl (C=O) groups is 2. The Morgan fingerprint density at radius 1 is 1.07 bits per heavy atom. The zero-order chi connectivity index (χ0) is 21.3. The van der Waals surface area contributed by atoms with Gasteiger partial charge in [0.2, 0.25) is 0 Å². The van der Waals surface area contributed by atoms with Crippen molar-refractivity contribution in [1.29, 1.82) is 0 Å². The molecule has 0 spiro atoms. The summed E-state index contributed by atoms with van der Waals surface area (Å²) >= 11 is 0. The second-order valence-corrected chi connectivity index (χ2v) is 8.46. The summed E-state index contributed by atoms with van der Waals surface area (Å²) in [4.78, 5) is 29.5. The average molecular weight is 411 g/mol. The van der Waals surface area contributed by atoms with Crippen LogP contribution in [-0.2, 0) is 9.53 Å². The van der Waals surface area contributed by atoms with E-state index in [1.807, 2.05) is 38.7 Å². The van der Waals surface area contributed by atoms with Gasteiger partial charge in [0, 0.05) is 32.8 Å². The molecule has 160 valence electrons. The van der Waals surface area contributed by atoms with E-state index in [9.17, 15) is 9.59 Å². The van der Waals surface area contributed by atoms with Gasteiger partial charge in [-0.05, 0) is 37.8 Å². The molecular weight excluding hydrogens is 380 g/mol. The van der Waals surface area contributed by atoms with E-state index in [4.69, 9.17) is 4.74 Å². The normalized spacial score (nSPS) is 19.5. The number of ether oxygens (including phenoxy) is 1. The van der Waals surface area contributed by atoms with Gasteiger partial charge in [-0.2, -0.15) is 5.10 Å². The maximum Gasteiger partial charge on any atom is 0.257 e. The van der Waals surface area contributed by atoms with Gasteiger partial charge in [0.15, 0.2) is 0 Å². The second kappa shape index (κ2) is 8.60. The summed E-state index contributed by atoms with van der Waals surface area (Å²) < 4.78 is 7.39. The highest BCUT2D eigenvalue weighted by molar-refractivity contribution is 5.95. The first-order valence-corrected chi connectivity index (χ1v) is 10.8. The van der Waals surface area contributed by atoms with Gasteiger partial charge in [0.05, 0.1) is 23.1 Å². The molecule has 1 aromatic carbocycles. The molecule has 0 N–H and O–H groups in total. The van der Waals surface area contributed by atoms with Crippen LogP contribution in [0.2, 0.25) is 0 Å². The zero-order valence-electron chi connectivity index (χ0n) is 18.0. The van der Waals surface area contributed by atoms with Gasteiger partial charge in [-0.25, -0.2) is 4.68 Å². The van der Waals surface area contributed by atoms with Crippen molar-refractivity contribution in [2.75, 3.05) is 32.8 Å². The van der Waals surface area contributed by atoms with Gasteiger partial charge in [-0.1, -0.05) is 31.5 Å². The molecule has 3 heterocycles. The highest BCUT2D eigenvalue weighted by Gasteiger charge is 2.32. The molecule has 1 unspecified atom stereocenters. The van der Waals surface area contributed by atoms with Crippen molar-refractivity contribution in [2.45, 2.75) is 45.6 Å². The SMILES string of the molecule is Cc1ccc(-n2ncc(C(=O)N3CCN(C(=O)C4CCCO4)CC3)c2C(C)C)cc1. The topological polar surface area (TPSA) is 67.7 Å². The molecule has 2 saturated heterocycles. The Hall–Kier alpha value is -2.67. The highest BCUT2D eigenvalue weighted by Crippen LogP contribution is 2.25. The fourth-order valence-corrected chi connectivity index (χ4v) is 4.25. The maximum atomic E-state index is 13.3. The lowest BCUT2D eigenvalue weighted by atomic mass is 10.0. The molecule has 0 aliphatic carbocycles. The Balaban J connectivity index is 1.48. The Labute approximate surface area is 177 Å². The standard InChI is InChI=1S/C23H30N4O3/c1-16(2)21-19(15-24-27(21)18-8-6-17(3)7-9-18)22(28)25-10-12-26(13-11-25)23(29)20-5-4-14-30-20/h6-9,15-16,20H,4-5,10-14H2,1-3H3. The van der Waals surface area contributed by atoms with Crippen molar-refractivity contribution in [3.05, 3.63) is 47.3 Å². The first-order chi connectivity index (χ1) is 14.5. The van der Waals surface area contributed by atoms with Crippen molar-refractivity contribution < 1.29 is 14.3 Å². The second-order valence-electron chi connectivity index (χ2n) is 8.46. The van der Waals surface area contributed by atoms with E-state index in [0.717, 1.165) is 24.2 Å². The van der Waals surface area contributed by atoms with Gasteiger partial charge >= 0.3 is 0 Å². The fourth-order valence-electron chi connectivity index (χ4n) is 4.25. The van der Waals surface area contributed by atoms with Crippen LogP contribution in [0, 0.1) is 6.92 Å². The lowest BCUT2D eigenvalue weighted by Crippen LogP contribution is -2.52. The van der Waals surface area contributed by atoms with Crippen molar-refractivity contribution >= 4 is 11.8 Å². The smallest absolute Gasteiger partial charge is 0.257 e. The van der Waals surface area contributed by atoms with Crippen LogP contribution >= 0.6 is 0 Å². The van der Waals surface area contributed by atoms with Crippen molar-refractivity contribution in [3.8, 4) is 5.69 Å². The Morgan fingerprint density at radius 2 is 1.73 bits per heavy atom. The third-order valence-electron chi connectivity index (χ3n) is 5.95. The summed E-state index contributed by atoms with van der Waals surface area (Å²) in [6.07, 6.45) is 3.13. The number of piperazine rings is 1. The number of aryl methyl sites for hydroxylation is 1. The number of hydrogen-bond acceptors (Lipinski definition) is 4. The molecule has 0 bridgehead atoms. The summed E-state index contributed by atoms with van der Waals surface area (Å²) in [6, 6.07) is 8.15. The van der Waals surface area contributed by atoms with Gasteiger partial charge < -0.3 is 14.5 Å². The highest BCUT2D eigenvalue weighted by atomic mass is 16.5. The summed E-state index contributed by atoms with van der Waals surface area (Å²) in [5.74, 6) is 0.200. The molecule has 4 rings (SSSR count). The first kappa shape index (κ1) is 20.6. The number of carbonyl (C=O) groups excluding carboxylic acids is 2. The summed E-state index contributed by atoms with van der Waals surface area (Å²) in [5, 5.41) is 4.54. The van der Waals surface area contributed by atoms with E-state index in [1.54, 1.807) is 6.20 Å². The predicted octanol–water partition coefficient (Wildman–Crippen LogP) is 2.77. The molecule has 0 radical (unpaired) electrons. The first-order valence-electron chi connectivity index (χ1n) is 10.8. The number of amides is 2. The molecule has 0 saturated carbocycles. The summed E-state index contributed by atoms with van der Waals surface area (Å²) in [6.45, 7) is 9.04. The molecule has 30 heavy (non-hydrogen) atoms. The van der Waals surface area contributed by atoms with Crippen LogP contribution in [0.5, 0.6) is 0 Å². The van der Waals surface area contributed by atoms with Crippen molar-refractivity contribution in [2.24, 2.45) is 0 Å². The fraction of sp³-hybridized carbons (Fsp3) is 0.522. The molecule has 2 aliphatic rings. The van der Waals surface area contributed by atoms with E-state index in [2.05, 4.69) is 25.9 Å². The van der Waals surface area contributed by atoms with Gasteiger partial charge in [-0.15, -0.1) is 0 Å². The molecule has 7 heteroatoms. The van der Waals surface area contributed by atoms with E-state index in [0.29, 0.717) is 38.3 Å². The lowest BCUT2D eigenvalue weighted by molar-refractivity contribution is -0.142. The molecule has 1 aromatic heterocycles. The van der Waals surface area contributed by atoms with Crippen LogP contribution < -0.4 is 0 Å². The van der Waals surface area contributed by atoms with Crippen LogP contribution in [0.3, 0.4) is 0 Å². The Bertz CT molecular complexity index is 905. The number of rotatable bonds is 4. The van der Waals surface area contributed by atoms with Gasteiger partial charge in [-0.3, -0.25) is 9.59 Å². The van der Waals surface area contributed by atoms with Crippen LogP contribution in [-0.4, -0.2) is 70.3 Å². The zero-order valence-corrected chi connectivity index (χ0v) is 18.0. The van der Waals surface area contributed by atoms with E-state index < -0.39 is 0 Å². The molecule has 2 aliphatic heterocycles. The number of nitrogens with zero attached hydrogens (tertiary/aromatic N) is 4. The summed E-state index contributed by atoms with van der Waals surface area (Å²) in [5.41, 5.74) is 3.70. The Morgan fingerprint density at radius 3 is 2.33 bits per heavy atom. The lowest BCUT2D eigenvalue weighted by Gasteiger charge is -2.35. The molecular formula is C23H30N4O3. The number of hydrogen-bond donors (Lipinski definition) is 0. The molecule has 1 atom stereocenters. The predicted molar refractivity (Wildman–Crippen MR) is 114 cm³/mol. The quantitative estimate of drug-likeness (QED) is 0.777. The molecule has 2 amide bonds. The monoisotopic (exact) mass is 410 g/mol. The number of aromatic nitrogens is 2. The molecule has 2 aromatic rings.